The van der Waals surface area contributed by atoms with Gasteiger partial charge in [0, 0.05) is 6.04 Å². The molecule has 58 valence electrons. The highest BCUT2D eigenvalue weighted by Gasteiger charge is 2.00. The molecule has 0 heterocycles. The first kappa shape index (κ1) is 9.63. The summed E-state index contributed by atoms with van der Waals surface area (Å²) in [6.07, 6.45) is 1.29. The van der Waals surface area contributed by atoms with Crippen LogP contribution in [0.1, 0.15) is 20.8 Å². The zero-order valence-electron chi connectivity index (χ0n) is 6.36. The summed E-state index contributed by atoms with van der Waals surface area (Å²) in [6.45, 7) is 5.25. The van der Waals surface area contributed by atoms with Gasteiger partial charge in [0.05, 0.1) is 0 Å². The van der Waals surface area contributed by atoms with Crippen molar-refractivity contribution in [2.24, 2.45) is 4.99 Å². The fourth-order valence-electron chi connectivity index (χ4n) is 0.407. The van der Waals surface area contributed by atoms with Crippen LogP contribution in [0.15, 0.2) is 16.9 Å². The number of halogens is 2. The third-order valence-electron chi connectivity index (χ3n) is 0.822. The largest absolute Gasteiger partial charge is 0.268 e. The van der Waals surface area contributed by atoms with E-state index in [-0.39, 0.29) is 11.2 Å². The molecule has 0 aliphatic rings. The summed E-state index contributed by atoms with van der Waals surface area (Å²) < 4.78 is 12.5. The molecular formula is C7H11ClFN. The van der Waals surface area contributed by atoms with Crippen molar-refractivity contribution in [3.8, 4) is 0 Å². The van der Waals surface area contributed by atoms with Gasteiger partial charge in [-0.25, -0.2) is 4.39 Å². The van der Waals surface area contributed by atoms with Crippen molar-refractivity contribution >= 4 is 16.8 Å². The first-order valence-electron chi connectivity index (χ1n) is 3.13. The molecule has 0 aromatic carbocycles. The Bertz CT molecular complexity index is 161. The van der Waals surface area contributed by atoms with E-state index >= 15 is 0 Å². The number of allylic oxidation sites excluding steroid dienone is 2. The Kier molecular flexibility index (Phi) is 4.28. The van der Waals surface area contributed by atoms with E-state index in [4.69, 9.17) is 11.6 Å². The molecule has 0 saturated carbocycles. The minimum atomic E-state index is -0.463. The minimum absolute atomic E-state index is 0.0400. The lowest BCUT2D eigenvalue weighted by atomic mass is 10.4. The zero-order valence-corrected chi connectivity index (χ0v) is 7.11. The molecule has 10 heavy (non-hydrogen) atoms. The number of hydrogen-bond donors (Lipinski definition) is 0. The minimum Gasteiger partial charge on any atom is -0.268 e. The van der Waals surface area contributed by atoms with Gasteiger partial charge in [0.2, 0.25) is 0 Å². The molecule has 0 unspecified atom stereocenters. The van der Waals surface area contributed by atoms with E-state index in [0.29, 0.717) is 0 Å². The predicted molar refractivity (Wildman–Crippen MR) is 43.3 cm³/mol. The highest BCUT2D eigenvalue weighted by molar-refractivity contribution is 6.69. The Morgan fingerprint density at radius 2 is 2.10 bits per heavy atom. The fourth-order valence-corrected chi connectivity index (χ4v) is 0.712. The first-order valence-corrected chi connectivity index (χ1v) is 3.51. The van der Waals surface area contributed by atoms with Crippen LogP contribution in [0.5, 0.6) is 0 Å². The van der Waals surface area contributed by atoms with Crippen molar-refractivity contribution < 1.29 is 4.39 Å². The van der Waals surface area contributed by atoms with Crippen molar-refractivity contribution in [1.82, 2.24) is 0 Å². The highest BCUT2D eigenvalue weighted by Crippen LogP contribution is 2.05. The van der Waals surface area contributed by atoms with Gasteiger partial charge in [0.15, 0.2) is 11.0 Å². The summed E-state index contributed by atoms with van der Waals surface area (Å²) in [5, 5.41) is -0.0440. The van der Waals surface area contributed by atoms with E-state index in [1.165, 1.54) is 6.08 Å². The molecule has 0 aromatic heterocycles. The van der Waals surface area contributed by atoms with Crippen molar-refractivity contribution in [2.75, 3.05) is 0 Å². The lowest BCUT2D eigenvalue weighted by Crippen LogP contribution is -1.95. The van der Waals surface area contributed by atoms with Gasteiger partial charge < -0.3 is 0 Å². The van der Waals surface area contributed by atoms with Crippen molar-refractivity contribution in [2.45, 2.75) is 26.8 Å². The topological polar surface area (TPSA) is 12.4 Å². The molecule has 0 aliphatic heterocycles. The Labute approximate surface area is 65.6 Å². The van der Waals surface area contributed by atoms with E-state index in [0.717, 1.165) is 0 Å². The van der Waals surface area contributed by atoms with Gasteiger partial charge in [0.1, 0.15) is 0 Å². The van der Waals surface area contributed by atoms with Gasteiger partial charge in [-0.05, 0) is 26.8 Å². The quantitative estimate of drug-likeness (QED) is 0.555. The molecule has 0 fully saturated rings. The molecule has 0 amide bonds. The van der Waals surface area contributed by atoms with Gasteiger partial charge in [-0.2, -0.15) is 0 Å². The Hall–Kier alpha value is -0.370. The lowest BCUT2D eigenvalue weighted by molar-refractivity contribution is 0.678. The summed E-state index contributed by atoms with van der Waals surface area (Å²) >= 11 is 5.43. The first-order chi connectivity index (χ1) is 4.57. The molecule has 0 saturated heterocycles. The standard InChI is InChI=1S/C7H11ClFN/c1-4-6(9)7(8)10-5(2)3/h4-5H,1-3H3/b6-4+,10-7+. The highest BCUT2D eigenvalue weighted by atomic mass is 35.5. The number of nitrogens with zero attached hydrogens (tertiary/aromatic N) is 1. The second-order valence-corrected chi connectivity index (χ2v) is 2.51. The van der Waals surface area contributed by atoms with Crippen LogP contribution in [0.4, 0.5) is 4.39 Å². The molecule has 0 rings (SSSR count). The summed E-state index contributed by atoms with van der Waals surface area (Å²) in [6, 6.07) is 0.0400. The van der Waals surface area contributed by atoms with Crippen LogP contribution >= 0.6 is 11.6 Å². The molecule has 0 radical (unpaired) electrons. The maximum absolute atomic E-state index is 12.5. The SMILES string of the molecule is C/C=C(F)\C(Cl)=N/C(C)C. The van der Waals surface area contributed by atoms with Crippen molar-refractivity contribution in [3.05, 3.63) is 11.9 Å². The van der Waals surface area contributed by atoms with Crippen LogP contribution in [0.3, 0.4) is 0 Å². The summed E-state index contributed by atoms with van der Waals surface area (Å²) in [5.74, 6) is -0.463. The average molecular weight is 164 g/mol. The molecule has 0 aliphatic carbocycles. The van der Waals surface area contributed by atoms with Gasteiger partial charge >= 0.3 is 0 Å². The maximum Gasteiger partial charge on any atom is 0.159 e. The summed E-state index contributed by atoms with van der Waals surface area (Å²) in [5.41, 5.74) is 0. The molecule has 0 N–H and O–H groups in total. The maximum atomic E-state index is 12.5. The molecule has 0 bridgehead atoms. The van der Waals surface area contributed by atoms with Crippen LogP contribution in [0.25, 0.3) is 0 Å². The normalized spacial score (nSPS) is 14.6. The van der Waals surface area contributed by atoms with Gasteiger partial charge in [0.25, 0.3) is 0 Å². The molecule has 1 nitrogen and oxygen atoms in total. The third-order valence-corrected chi connectivity index (χ3v) is 1.10. The smallest absolute Gasteiger partial charge is 0.159 e. The number of hydrogen-bond acceptors (Lipinski definition) is 1. The van der Waals surface area contributed by atoms with Gasteiger partial charge in [-0.1, -0.05) is 11.6 Å². The summed E-state index contributed by atoms with van der Waals surface area (Å²) in [7, 11) is 0. The van der Waals surface area contributed by atoms with E-state index < -0.39 is 5.83 Å². The monoisotopic (exact) mass is 163 g/mol. The second-order valence-electron chi connectivity index (χ2n) is 2.15. The zero-order chi connectivity index (χ0) is 8.15. The molecule has 0 atom stereocenters. The van der Waals surface area contributed by atoms with Crippen LogP contribution in [-0.4, -0.2) is 11.2 Å². The van der Waals surface area contributed by atoms with E-state index in [2.05, 4.69) is 4.99 Å². The number of aliphatic imine (C=N–C) groups is 1. The van der Waals surface area contributed by atoms with Crippen LogP contribution in [0.2, 0.25) is 0 Å². The van der Waals surface area contributed by atoms with E-state index in [1.54, 1.807) is 6.92 Å². The molecule has 0 spiro atoms. The Morgan fingerprint density at radius 3 is 2.40 bits per heavy atom. The average Bonchev–Trinajstić information content (AvgIpc) is 1.85. The third kappa shape index (κ3) is 3.62. The van der Waals surface area contributed by atoms with Crippen LogP contribution < -0.4 is 0 Å². The number of rotatable bonds is 2. The molecular weight excluding hydrogens is 153 g/mol. The second kappa shape index (κ2) is 4.45. The van der Waals surface area contributed by atoms with Crippen molar-refractivity contribution in [3.63, 3.8) is 0 Å². The van der Waals surface area contributed by atoms with E-state index in [9.17, 15) is 4.39 Å². The van der Waals surface area contributed by atoms with Gasteiger partial charge in [-0.15, -0.1) is 0 Å². The van der Waals surface area contributed by atoms with E-state index in [1.807, 2.05) is 13.8 Å². The van der Waals surface area contributed by atoms with Crippen LogP contribution in [-0.2, 0) is 0 Å². The lowest BCUT2D eigenvalue weighted by Gasteiger charge is -1.96. The molecule has 0 aromatic rings. The predicted octanol–water partition coefficient (Wildman–Crippen LogP) is 2.91. The fraction of sp³-hybridized carbons (Fsp3) is 0.571. The van der Waals surface area contributed by atoms with Crippen LogP contribution in [0, 0.1) is 0 Å². The Balaban J connectivity index is 4.20. The van der Waals surface area contributed by atoms with Gasteiger partial charge in [-0.3, -0.25) is 4.99 Å². The molecule has 3 heteroatoms. The Morgan fingerprint density at radius 1 is 1.60 bits per heavy atom. The summed E-state index contributed by atoms with van der Waals surface area (Å²) in [4.78, 5) is 3.79. The van der Waals surface area contributed by atoms with Crippen molar-refractivity contribution in [1.29, 1.82) is 0 Å².